The summed E-state index contributed by atoms with van der Waals surface area (Å²) in [6, 6.07) is 6.81. The summed E-state index contributed by atoms with van der Waals surface area (Å²) in [6.45, 7) is 5.41. The van der Waals surface area contributed by atoms with Crippen LogP contribution in [0, 0.1) is 0 Å². The van der Waals surface area contributed by atoms with E-state index in [1.807, 2.05) is 12.1 Å². The molecule has 2 rings (SSSR count). The SMILES string of the molecule is CC(CN(C)C)N1Cc2cccc(N)c2C1. The summed E-state index contributed by atoms with van der Waals surface area (Å²) >= 11 is 0. The Balaban J connectivity index is 2.08. The third-order valence-electron chi connectivity index (χ3n) is 3.30. The minimum absolute atomic E-state index is 0.571. The van der Waals surface area contributed by atoms with Crippen molar-refractivity contribution in [2.75, 3.05) is 26.4 Å². The summed E-state index contributed by atoms with van der Waals surface area (Å²) in [4.78, 5) is 4.72. The summed E-state index contributed by atoms with van der Waals surface area (Å²) in [6.07, 6.45) is 0. The van der Waals surface area contributed by atoms with E-state index in [9.17, 15) is 0 Å². The fourth-order valence-corrected chi connectivity index (χ4v) is 2.43. The number of rotatable bonds is 3. The van der Waals surface area contributed by atoms with Crippen LogP contribution in [0.1, 0.15) is 18.1 Å². The molecule has 1 aliphatic heterocycles. The smallest absolute Gasteiger partial charge is 0.0363 e. The van der Waals surface area contributed by atoms with Crippen LogP contribution < -0.4 is 5.73 Å². The fraction of sp³-hybridized carbons (Fsp3) is 0.538. The van der Waals surface area contributed by atoms with E-state index in [4.69, 9.17) is 5.73 Å². The Hall–Kier alpha value is -1.06. The molecule has 0 bridgehead atoms. The molecule has 0 aromatic heterocycles. The van der Waals surface area contributed by atoms with Gasteiger partial charge in [0.1, 0.15) is 0 Å². The number of hydrogen-bond donors (Lipinski definition) is 1. The molecule has 1 atom stereocenters. The van der Waals surface area contributed by atoms with E-state index in [0.717, 1.165) is 25.3 Å². The topological polar surface area (TPSA) is 32.5 Å². The highest BCUT2D eigenvalue weighted by Crippen LogP contribution is 2.28. The van der Waals surface area contributed by atoms with Gasteiger partial charge in [0.25, 0.3) is 0 Å². The number of fused-ring (bicyclic) bond motifs is 1. The fourth-order valence-electron chi connectivity index (χ4n) is 2.43. The summed E-state index contributed by atoms with van der Waals surface area (Å²) in [5, 5.41) is 0. The largest absolute Gasteiger partial charge is 0.398 e. The molecule has 0 fully saturated rings. The van der Waals surface area contributed by atoms with Gasteiger partial charge >= 0.3 is 0 Å². The molecule has 1 unspecified atom stereocenters. The zero-order valence-electron chi connectivity index (χ0n) is 10.4. The molecular weight excluding hydrogens is 198 g/mol. The van der Waals surface area contributed by atoms with Gasteiger partial charge in [-0.3, -0.25) is 4.90 Å². The second-order valence-corrected chi connectivity index (χ2v) is 5.00. The van der Waals surface area contributed by atoms with E-state index in [0.29, 0.717) is 6.04 Å². The van der Waals surface area contributed by atoms with Crippen molar-refractivity contribution in [2.24, 2.45) is 0 Å². The van der Waals surface area contributed by atoms with Crippen molar-refractivity contribution in [3.05, 3.63) is 29.3 Å². The standard InChI is InChI=1S/C13H21N3/c1-10(7-15(2)3)16-8-11-5-4-6-13(14)12(11)9-16/h4-6,10H,7-9,14H2,1-3H3. The Morgan fingerprint density at radius 1 is 1.38 bits per heavy atom. The molecule has 3 heteroatoms. The van der Waals surface area contributed by atoms with E-state index in [1.165, 1.54) is 11.1 Å². The van der Waals surface area contributed by atoms with Crippen LogP contribution in [0.15, 0.2) is 18.2 Å². The molecule has 3 nitrogen and oxygen atoms in total. The molecule has 16 heavy (non-hydrogen) atoms. The molecule has 0 spiro atoms. The quantitative estimate of drug-likeness (QED) is 0.783. The molecular formula is C13H21N3. The third kappa shape index (κ3) is 2.20. The van der Waals surface area contributed by atoms with Gasteiger partial charge in [0.2, 0.25) is 0 Å². The Bertz CT molecular complexity index is 373. The van der Waals surface area contributed by atoms with Gasteiger partial charge in [-0.05, 0) is 38.2 Å². The Morgan fingerprint density at radius 2 is 2.12 bits per heavy atom. The van der Waals surface area contributed by atoms with Crippen LogP contribution in [0.4, 0.5) is 5.69 Å². The average Bonchev–Trinajstić information content (AvgIpc) is 2.61. The number of hydrogen-bond acceptors (Lipinski definition) is 3. The van der Waals surface area contributed by atoms with Crippen LogP contribution in [0.25, 0.3) is 0 Å². The number of anilines is 1. The van der Waals surface area contributed by atoms with Gasteiger partial charge in [0.15, 0.2) is 0 Å². The molecule has 0 amide bonds. The maximum Gasteiger partial charge on any atom is 0.0363 e. The molecule has 0 radical (unpaired) electrons. The lowest BCUT2D eigenvalue weighted by Crippen LogP contribution is -2.36. The summed E-state index contributed by atoms with van der Waals surface area (Å²) in [7, 11) is 4.24. The van der Waals surface area contributed by atoms with E-state index in [-0.39, 0.29) is 0 Å². The summed E-state index contributed by atoms with van der Waals surface area (Å²) in [5.74, 6) is 0. The van der Waals surface area contributed by atoms with Crippen molar-refractivity contribution in [1.82, 2.24) is 9.80 Å². The zero-order chi connectivity index (χ0) is 11.7. The first-order chi connectivity index (χ1) is 7.58. The second-order valence-electron chi connectivity index (χ2n) is 5.00. The first-order valence-electron chi connectivity index (χ1n) is 5.83. The van der Waals surface area contributed by atoms with Crippen LogP contribution in [0.2, 0.25) is 0 Å². The maximum atomic E-state index is 6.00. The second kappa shape index (κ2) is 4.44. The zero-order valence-corrected chi connectivity index (χ0v) is 10.4. The van der Waals surface area contributed by atoms with Crippen LogP contribution >= 0.6 is 0 Å². The predicted octanol–water partition coefficient (Wildman–Crippen LogP) is 1.53. The van der Waals surface area contributed by atoms with Gasteiger partial charge in [0, 0.05) is 31.4 Å². The molecule has 1 aliphatic rings. The van der Waals surface area contributed by atoms with Crippen LogP contribution in [0.5, 0.6) is 0 Å². The number of likely N-dealkylation sites (N-methyl/N-ethyl adjacent to an activating group) is 1. The van der Waals surface area contributed by atoms with Crippen molar-refractivity contribution in [1.29, 1.82) is 0 Å². The molecule has 2 N–H and O–H groups in total. The molecule has 0 saturated carbocycles. The van der Waals surface area contributed by atoms with Crippen molar-refractivity contribution in [3.63, 3.8) is 0 Å². The highest BCUT2D eigenvalue weighted by Gasteiger charge is 2.24. The van der Waals surface area contributed by atoms with E-state index >= 15 is 0 Å². The molecule has 1 heterocycles. The van der Waals surface area contributed by atoms with Gasteiger partial charge < -0.3 is 10.6 Å². The Morgan fingerprint density at radius 3 is 2.75 bits per heavy atom. The first kappa shape index (κ1) is 11.4. The average molecular weight is 219 g/mol. The molecule has 0 aliphatic carbocycles. The molecule has 1 aromatic rings. The number of nitrogen functional groups attached to an aromatic ring is 1. The molecule has 1 aromatic carbocycles. The number of nitrogens with two attached hydrogens (primary N) is 1. The van der Waals surface area contributed by atoms with Gasteiger partial charge in [0.05, 0.1) is 0 Å². The minimum Gasteiger partial charge on any atom is -0.398 e. The van der Waals surface area contributed by atoms with Gasteiger partial charge in [-0.15, -0.1) is 0 Å². The van der Waals surface area contributed by atoms with E-state index in [1.54, 1.807) is 0 Å². The lowest BCUT2D eigenvalue weighted by atomic mass is 10.1. The van der Waals surface area contributed by atoms with Crippen LogP contribution in [-0.4, -0.2) is 36.5 Å². The molecule has 88 valence electrons. The number of nitrogens with zero attached hydrogens (tertiary/aromatic N) is 2. The van der Waals surface area contributed by atoms with Crippen molar-refractivity contribution in [3.8, 4) is 0 Å². The van der Waals surface area contributed by atoms with Gasteiger partial charge in [-0.25, -0.2) is 0 Å². The Kier molecular flexibility index (Phi) is 3.17. The first-order valence-corrected chi connectivity index (χ1v) is 5.83. The Labute approximate surface area is 97.8 Å². The summed E-state index contributed by atoms with van der Waals surface area (Å²) in [5.41, 5.74) is 9.66. The van der Waals surface area contributed by atoms with Crippen molar-refractivity contribution in [2.45, 2.75) is 26.1 Å². The van der Waals surface area contributed by atoms with Crippen LogP contribution in [0.3, 0.4) is 0 Å². The van der Waals surface area contributed by atoms with Crippen molar-refractivity contribution >= 4 is 5.69 Å². The van der Waals surface area contributed by atoms with Crippen molar-refractivity contribution < 1.29 is 0 Å². The van der Waals surface area contributed by atoms with Gasteiger partial charge in [-0.2, -0.15) is 0 Å². The highest BCUT2D eigenvalue weighted by atomic mass is 15.2. The monoisotopic (exact) mass is 219 g/mol. The number of benzene rings is 1. The van der Waals surface area contributed by atoms with E-state index < -0.39 is 0 Å². The lowest BCUT2D eigenvalue weighted by molar-refractivity contribution is 0.175. The highest BCUT2D eigenvalue weighted by molar-refractivity contribution is 5.52. The minimum atomic E-state index is 0.571. The third-order valence-corrected chi connectivity index (χ3v) is 3.30. The predicted molar refractivity (Wildman–Crippen MR) is 68.1 cm³/mol. The lowest BCUT2D eigenvalue weighted by Gasteiger charge is -2.26. The maximum absolute atomic E-state index is 6.00. The van der Waals surface area contributed by atoms with Gasteiger partial charge in [-0.1, -0.05) is 12.1 Å². The van der Waals surface area contributed by atoms with E-state index in [2.05, 4.69) is 36.9 Å². The molecule has 0 saturated heterocycles. The summed E-state index contributed by atoms with van der Waals surface area (Å²) < 4.78 is 0. The van der Waals surface area contributed by atoms with Crippen LogP contribution in [-0.2, 0) is 13.1 Å². The normalized spacial score (nSPS) is 17.8.